The summed E-state index contributed by atoms with van der Waals surface area (Å²) in [5.41, 5.74) is 4.58. The minimum absolute atomic E-state index is 0.296. The summed E-state index contributed by atoms with van der Waals surface area (Å²) < 4.78 is 25.9. The molecule has 1 N–H and O–H groups in total. The molecule has 0 spiro atoms. The van der Waals surface area contributed by atoms with E-state index < -0.39 is 5.82 Å². The Morgan fingerprint density at radius 2 is 1.85 bits per heavy atom. The van der Waals surface area contributed by atoms with E-state index in [0.717, 1.165) is 29.7 Å². The highest BCUT2D eigenvalue weighted by atomic mass is 19.1. The van der Waals surface area contributed by atoms with Crippen molar-refractivity contribution >= 4 is 27.7 Å². The van der Waals surface area contributed by atoms with Gasteiger partial charge in [0.15, 0.2) is 11.4 Å². The molecule has 3 aromatic heterocycles. The molecule has 0 unspecified atom stereocenters. The Bertz CT molecular complexity index is 1510. The smallest absolute Gasteiger partial charge is 0.176 e. The summed E-state index contributed by atoms with van der Waals surface area (Å²) in [6.45, 7) is 2.72. The second-order valence-electron chi connectivity index (χ2n) is 8.00. The third-order valence-electron chi connectivity index (χ3n) is 6.00. The molecule has 0 saturated carbocycles. The molecule has 0 aliphatic carbocycles. The number of nitrogens with zero attached hydrogens (tertiary/aromatic N) is 5. The normalized spacial score (nSPS) is 14.2. The van der Waals surface area contributed by atoms with Gasteiger partial charge in [0.25, 0.3) is 0 Å². The molecule has 5 aromatic rings. The SMILES string of the molecule is OCc1nc(-c2ccc(F)c(-c3ncnc4cc(N5CCOCC5)ccc34)c2)nc2ccoc12. The summed E-state index contributed by atoms with van der Waals surface area (Å²) in [6.07, 6.45) is 2.95. The lowest BCUT2D eigenvalue weighted by Gasteiger charge is -2.29. The van der Waals surface area contributed by atoms with E-state index in [1.807, 2.05) is 18.2 Å². The van der Waals surface area contributed by atoms with Crippen LogP contribution in [0.1, 0.15) is 5.69 Å². The monoisotopic (exact) mass is 457 g/mol. The number of aromatic nitrogens is 4. The number of aliphatic hydroxyl groups is 1. The molecule has 4 heterocycles. The maximum atomic E-state index is 15.0. The van der Waals surface area contributed by atoms with Gasteiger partial charge in [-0.05, 0) is 36.4 Å². The number of fused-ring (bicyclic) bond motifs is 2. The maximum absolute atomic E-state index is 15.0. The zero-order valence-corrected chi connectivity index (χ0v) is 18.1. The van der Waals surface area contributed by atoms with Crippen LogP contribution >= 0.6 is 0 Å². The van der Waals surface area contributed by atoms with Gasteiger partial charge in [-0.2, -0.15) is 0 Å². The number of halogens is 1. The minimum atomic E-state index is -0.409. The van der Waals surface area contributed by atoms with Gasteiger partial charge in [-0.1, -0.05) is 0 Å². The molecule has 1 aliphatic heterocycles. The molecule has 1 fully saturated rings. The number of anilines is 1. The van der Waals surface area contributed by atoms with E-state index in [2.05, 4.69) is 24.8 Å². The van der Waals surface area contributed by atoms with Gasteiger partial charge in [-0.3, -0.25) is 0 Å². The molecular weight excluding hydrogens is 437 g/mol. The quantitative estimate of drug-likeness (QED) is 0.433. The highest BCUT2D eigenvalue weighted by Crippen LogP contribution is 2.33. The van der Waals surface area contributed by atoms with Crippen LogP contribution in [0.3, 0.4) is 0 Å². The number of aliphatic hydroxyl groups excluding tert-OH is 1. The molecule has 1 aliphatic rings. The van der Waals surface area contributed by atoms with Crippen molar-refractivity contribution in [2.24, 2.45) is 0 Å². The van der Waals surface area contributed by atoms with E-state index in [-0.39, 0.29) is 6.61 Å². The highest BCUT2D eigenvalue weighted by molar-refractivity contribution is 5.94. The number of benzene rings is 2. The molecule has 0 bridgehead atoms. The predicted molar refractivity (Wildman–Crippen MR) is 125 cm³/mol. The first-order valence-electron chi connectivity index (χ1n) is 10.9. The summed E-state index contributed by atoms with van der Waals surface area (Å²) in [4.78, 5) is 20.0. The second kappa shape index (κ2) is 8.44. The summed E-state index contributed by atoms with van der Waals surface area (Å²) >= 11 is 0. The Balaban J connectivity index is 1.45. The van der Waals surface area contributed by atoms with Crippen molar-refractivity contribution in [1.29, 1.82) is 0 Å². The van der Waals surface area contributed by atoms with Crippen molar-refractivity contribution in [2.45, 2.75) is 6.61 Å². The van der Waals surface area contributed by atoms with Crippen LogP contribution in [0, 0.1) is 5.82 Å². The van der Waals surface area contributed by atoms with Crippen LogP contribution < -0.4 is 4.90 Å². The van der Waals surface area contributed by atoms with Crippen molar-refractivity contribution in [3.63, 3.8) is 0 Å². The van der Waals surface area contributed by atoms with Crippen molar-refractivity contribution in [2.75, 3.05) is 31.2 Å². The van der Waals surface area contributed by atoms with Crippen molar-refractivity contribution < 1.29 is 18.7 Å². The number of ether oxygens (including phenoxy) is 1. The van der Waals surface area contributed by atoms with Gasteiger partial charge in [0.2, 0.25) is 0 Å². The molecule has 34 heavy (non-hydrogen) atoms. The molecule has 2 aromatic carbocycles. The first-order valence-corrected chi connectivity index (χ1v) is 10.9. The van der Waals surface area contributed by atoms with E-state index in [1.54, 1.807) is 18.2 Å². The van der Waals surface area contributed by atoms with Crippen LogP contribution in [0.4, 0.5) is 10.1 Å². The fourth-order valence-electron chi connectivity index (χ4n) is 4.28. The minimum Gasteiger partial charge on any atom is -0.461 e. The van der Waals surface area contributed by atoms with Crippen LogP contribution in [0.25, 0.3) is 44.6 Å². The molecule has 9 heteroatoms. The van der Waals surface area contributed by atoms with Gasteiger partial charge in [-0.25, -0.2) is 24.3 Å². The Morgan fingerprint density at radius 1 is 0.971 bits per heavy atom. The van der Waals surface area contributed by atoms with Gasteiger partial charge in [0.1, 0.15) is 23.4 Å². The van der Waals surface area contributed by atoms with Crippen LogP contribution in [0.2, 0.25) is 0 Å². The highest BCUT2D eigenvalue weighted by Gasteiger charge is 2.17. The summed E-state index contributed by atoms with van der Waals surface area (Å²) in [5.74, 6) is -0.0417. The third-order valence-corrected chi connectivity index (χ3v) is 6.00. The third kappa shape index (κ3) is 3.55. The van der Waals surface area contributed by atoms with Crippen LogP contribution in [0.5, 0.6) is 0 Å². The largest absolute Gasteiger partial charge is 0.461 e. The molecule has 0 amide bonds. The number of furan rings is 1. The lowest BCUT2D eigenvalue weighted by molar-refractivity contribution is 0.122. The molecular formula is C25H20FN5O3. The molecule has 0 radical (unpaired) electrons. The maximum Gasteiger partial charge on any atom is 0.176 e. The topological polar surface area (TPSA) is 97.4 Å². The Labute approximate surface area is 193 Å². The van der Waals surface area contributed by atoms with E-state index in [0.29, 0.717) is 52.7 Å². The zero-order chi connectivity index (χ0) is 23.1. The van der Waals surface area contributed by atoms with Crippen molar-refractivity contribution in [3.8, 4) is 22.6 Å². The molecule has 8 nitrogen and oxygen atoms in total. The average Bonchev–Trinajstić information content (AvgIpc) is 3.37. The summed E-state index contributed by atoms with van der Waals surface area (Å²) in [5, 5.41) is 10.4. The number of hydrogen-bond donors (Lipinski definition) is 1. The number of morpholine rings is 1. The van der Waals surface area contributed by atoms with Gasteiger partial charge >= 0.3 is 0 Å². The predicted octanol–water partition coefficient (Wildman–Crippen LogP) is 3.97. The van der Waals surface area contributed by atoms with Crippen molar-refractivity contribution in [1.82, 2.24) is 19.9 Å². The van der Waals surface area contributed by atoms with Crippen LogP contribution in [0.15, 0.2) is 59.5 Å². The standard InChI is InChI=1S/C25H20FN5O3/c26-19-4-1-15(25-29-20-5-8-34-24(20)22(13-32)30-25)11-18(19)23-17-3-2-16(12-21(17)27-14-28-23)31-6-9-33-10-7-31/h1-5,8,11-12,14,32H,6-7,9-10,13H2. The fourth-order valence-corrected chi connectivity index (χ4v) is 4.28. The van der Waals surface area contributed by atoms with E-state index in [4.69, 9.17) is 9.15 Å². The summed E-state index contributed by atoms with van der Waals surface area (Å²) in [7, 11) is 0. The number of hydrogen-bond acceptors (Lipinski definition) is 8. The lowest BCUT2D eigenvalue weighted by Crippen LogP contribution is -2.36. The van der Waals surface area contributed by atoms with E-state index in [1.165, 1.54) is 18.7 Å². The Morgan fingerprint density at radius 3 is 2.71 bits per heavy atom. The number of rotatable bonds is 4. The lowest BCUT2D eigenvalue weighted by atomic mass is 10.0. The molecule has 0 atom stereocenters. The van der Waals surface area contributed by atoms with Gasteiger partial charge in [0.05, 0.1) is 37.3 Å². The average molecular weight is 457 g/mol. The Hall–Kier alpha value is -3.95. The first kappa shape index (κ1) is 20.6. The summed E-state index contributed by atoms with van der Waals surface area (Å²) in [6, 6.07) is 12.3. The molecule has 170 valence electrons. The van der Waals surface area contributed by atoms with E-state index >= 15 is 4.39 Å². The van der Waals surface area contributed by atoms with Crippen molar-refractivity contribution in [3.05, 3.63) is 66.6 Å². The fraction of sp³-hybridized carbons (Fsp3) is 0.200. The second-order valence-corrected chi connectivity index (χ2v) is 8.00. The zero-order valence-electron chi connectivity index (χ0n) is 18.1. The molecule has 1 saturated heterocycles. The molecule has 6 rings (SSSR count). The van der Waals surface area contributed by atoms with Gasteiger partial charge in [-0.15, -0.1) is 0 Å². The van der Waals surface area contributed by atoms with Crippen LogP contribution in [-0.4, -0.2) is 51.3 Å². The van der Waals surface area contributed by atoms with Gasteiger partial charge in [0, 0.05) is 41.4 Å². The first-order chi connectivity index (χ1) is 16.7. The van der Waals surface area contributed by atoms with Crippen LogP contribution in [-0.2, 0) is 11.3 Å². The Kier molecular flexibility index (Phi) is 5.12. The van der Waals surface area contributed by atoms with Gasteiger partial charge < -0.3 is 19.2 Å². The van der Waals surface area contributed by atoms with E-state index in [9.17, 15) is 5.11 Å².